The molecule has 0 bridgehead atoms. The monoisotopic (exact) mass is 429 g/mol. The van der Waals surface area contributed by atoms with E-state index in [0.29, 0.717) is 0 Å². The lowest BCUT2D eigenvalue weighted by Crippen LogP contribution is -2.50. The molecule has 0 saturated carbocycles. The minimum Gasteiger partial charge on any atom is -0.356 e. The highest BCUT2D eigenvalue weighted by Gasteiger charge is 2.17. The van der Waals surface area contributed by atoms with Gasteiger partial charge in [-0.2, -0.15) is 11.8 Å². The molecule has 21 heavy (non-hydrogen) atoms. The van der Waals surface area contributed by atoms with Crippen LogP contribution in [0.1, 0.15) is 6.92 Å². The van der Waals surface area contributed by atoms with Gasteiger partial charge in [-0.15, -0.1) is 24.0 Å². The number of nitrogens with zero attached hydrogens (tertiary/aromatic N) is 3. The van der Waals surface area contributed by atoms with Crippen molar-refractivity contribution >= 4 is 47.6 Å². The summed E-state index contributed by atoms with van der Waals surface area (Å²) in [5, 5.41) is 6.59. The number of piperazine rings is 1. The highest BCUT2D eigenvalue weighted by atomic mass is 127. The lowest BCUT2D eigenvalue weighted by atomic mass is 10.3. The van der Waals surface area contributed by atoms with Crippen LogP contribution in [0, 0.1) is 0 Å². The van der Waals surface area contributed by atoms with Crippen LogP contribution in [0.15, 0.2) is 4.99 Å². The van der Waals surface area contributed by atoms with Crippen molar-refractivity contribution in [2.24, 2.45) is 4.99 Å². The van der Waals surface area contributed by atoms with Crippen molar-refractivity contribution in [1.82, 2.24) is 20.4 Å². The Labute approximate surface area is 149 Å². The first-order valence-electron chi connectivity index (χ1n) is 7.08. The van der Waals surface area contributed by atoms with Crippen LogP contribution in [0.3, 0.4) is 0 Å². The smallest absolute Gasteiger partial charge is 0.219 e. The number of hydrogen-bond donors (Lipinski definition) is 2. The summed E-state index contributed by atoms with van der Waals surface area (Å²) in [6, 6.07) is 0. The van der Waals surface area contributed by atoms with Crippen molar-refractivity contribution in [3.8, 4) is 0 Å². The van der Waals surface area contributed by atoms with Gasteiger partial charge in [0.05, 0.1) is 0 Å². The molecule has 0 aromatic rings. The molecule has 0 atom stereocenters. The van der Waals surface area contributed by atoms with Crippen LogP contribution in [0.4, 0.5) is 0 Å². The molecule has 0 aromatic carbocycles. The number of halogens is 1. The van der Waals surface area contributed by atoms with Crippen LogP contribution in [-0.4, -0.2) is 86.5 Å². The van der Waals surface area contributed by atoms with Crippen molar-refractivity contribution < 1.29 is 4.79 Å². The van der Waals surface area contributed by atoms with Crippen molar-refractivity contribution in [3.63, 3.8) is 0 Å². The zero-order valence-electron chi connectivity index (χ0n) is 13.2. The molecule has 1 rings (SSSR count). The highest BCUT2D eigenvalue weighted by Crippen LogP contribution is 2.00. The number of nitrogens with one attached hydrogen (secondary N) is 2. The fourth-order valence-electron chi connectivity index (χ4n) is 2.11. The summed E-state index contributed by atoms with van der Waals surface area (Å²) in [5.74, 6) is 2.12. The molecule has 0 unspecified atom stereocenters. The van der Waals surface area contributed by atoms with Gasteiger partial charge in [0.15, 0.2) is 5.96 Å². The van der Waals surface area contributed by atoms with Gasteiger partial charge in [0.2, 0.25) is 5.91 Å². The molecule has 1 aliphatic heterocycles. The number of aliphatic imine (C=N–C) groups is 1. The van der Waals surface area contributed by atoms with Crippen LogP contribution in [-0.2, 0) is 4.79 Å². The van der Waals surface area contributed by atoms with Gasteiger partial charge in [-0.05, 0) is 6.26 Å². The summed E-state index contributed by atoms with van der Waals surface area (Å²) in [7, 11) is 1.79. The van der Waals surface area contributed by atoms with E-state index >= 15 is 0 Å². The van der Waals surface area contributed by atoms with Crippen LogP contribution < -0.4 is 10.6 Å². The molecule has 1 heterocycles. The van der Waals surface area contributed by atoms with Gasteiger partial charge >= 0.3 is 0 Å². The normalized spacial score (nSPS) is 16.3. The number of hydrogen-bond acceptors (Lipinski definition) is 4. The molecule has 0 aromatic heterocycles. The van der Waals surface area contributed by atoms with Crippen molar-refractivity contribution in [3.05, 3.63) is 0 Å². The SMILES string of the molecule is CN=C(NCCSC)NCCN1CCN(C(C)=O)CC1.I. The molecular formula is C13H28IN5OS. The predicted molar refractivity (Wildman–Crippen MR) is 102 cm³/mol. The minimum atomic E-state index is 0. The van der Waals surface area contributed by atoms with E-state index in [1.807, 2.05) is 16.7 Å². The lowest BCUT2D eigenvalue weighted by molar-refractivity contribution is -0.130. The summed E-state index contributed by atoms with van der Waals surface area (Å²) in [5.41, 5.74) is 0. The molecule has 0 spiro atoms. The van der Waals surface area contributed by atoms with Gasteiger partial charge in [-0.25, -0.2) is 0 Å². The number of carbonyl (C=O) groups excluding carboxylic acids is 1. The van der Waals surface area contributed by atoms with Crippen molar-refractivity contribution in [2.75, 3.05) is 64.9 Å². The largest absolute Gasteiger partial charge is 0.356 e. The maximum absolute atomic E-state index is 11.2. The first-order valence-corrected chi connectivity index (χ1v) is 8.48. The van der Waals surface area contributed by atoms with Crippen LogP contribution in [0.2, 0.25) is 0 Å². The zero-order chi connectivity index (χ0) is 14.8. The quantitative estimate of drug-likeness (QED) is 0.275. The second-order valence-electron chi connectivity index (χ2n) is 4.77. The Bertz CT molecular complexity index is 322. The van der Waals surface area contributed by atoms with E-state index in [-0.39, 0.29) is 29.9 Å². The summed E-state index contributed by atoms with van der Waals surface area (Å²) in [4.78, 5) is 19.7. The van der Waals surface area contributed by atoms with Crippen molar-refractivity contribution in [1.29, 1.82) is 0 Å². The number of amides is 1. The number of rotatable bonds is 6. The molecule has 2 N–H and O–H groups in total. The molecule has 1 saturated heterocycles. The summed E-state index contributed by atoms with van der Waals surface area (Å²) in [6.07, 6.45) is 2.10. The zero-order valence-corrected chi connectivity index (χ0v) is 16.4. The average molecular weight is 429 g/mol. The van der Waals surface area contributed by atoms with E-state index in [2.05, 4.69) is 26.8 Å². The third-order valence-electron chi connectivity index (χ3n) is 3.36. The standard InChI is InChI=1S/C13H27N5OS.HI/c1-12(19)18-9-7-17(8-10-18)6-4-15-13(14-2)16-5-11-20-3;/h4-11H2,1-3H3,(H2,14,15,16);1H. The molecule has 1 aliphatic rings. The Hall–Kier alpha value is -0.220. The van der Waals surface area contributed by atoms with Gasteiger partial charge in [0.25, 0.3) is 0 Å². The average Bonchev–Trinajstić information content (AvgIpc) is 2.46. The molecule has 0 aliphatic carbocycles. The van der Waals surface area contributed by atoms with Gasteiger partial charge in [-0.1, -0.05) is 0 Å². The van der Waals surface area contributed by atoms with Gasteiger partial charge in [-0.3, -0.25) is 14.7 Å². The Balaban J connectivity index is 0.00000400. The topological polar surface area (TPSA) is 60.0 Å². The molecule has 0 radical (unpaired) electrons. The number of guanidine groups is 1. The van der Waals surface area contributed by atoms with E-state index in [1.165, 1.54) is 0 Å². The maximum atomic E-state index is 11.2. The predicted octanol–water partition coefficient (Wildman–Crippen LogP) is 0.297. The molecular weight excluding hydrogens is 401 g/mol. The van der Waals surface area contributed by atoms with Gasteiger partial charge in [0.1, 0.15) is 0 Å². The fourth-order valence-corrected chi connectivity index (χ4v) is 2.42. The Morgan fingerprint density at radius 3 is 2.33 bits per heavy atom. The molecule has 1 amide bonds. The van der Waals surface area contributed by atoms with E-state index in [9.17, 15) is 4.79 Å². The summed E-state index contributed by atoms with van der Waals surface area (Å²) in [6.45, 7) is 8.03. The van der Waals surface area contributed by atoms with Crippen molar-refractivity contribution in [2.45, 2.75) is 6.92 Å². The first-order chi connectivity index (χ1) is 9.67. The van der Waals surface area contributed by atoms with E-state index in [4.69, 9.17) is 0 Å². The van der Waals surface area contributed by atoms with Crippen LogP contribution in [0.5, 0.6) is 0 Å². The molecule has 124 valence electrons. The summed E-state index contributed by atoms with van der Waals surface area (Å²) >= 11 is 1.82. The first kappa shape index (κ1) is 20.8. The van der Waals surface area contributed by atoms with E-state index in [1.54, 1.807) is 14.0 Å². The Morgan fingerprint density at radius 2 is 1.81 bits per heavy atom. The fraction of sp³-hybridized carbons (Fsp3) is 0.846. The maximum Gasteiger partial charge on any atom is 0.219 e. The second-order valence-corrected chi connectivity index (χ2v) is 5.75. The molecule has 1 fully saturated rings. The highest BCUT2D eigenvalue weighted by molar-refractivity contribution is 14.0. The Kier molecular flexibility index (Phi) is 12.2. The van der Waals surface area contributed by atoms with Crippen LogP contribution >= 0.6 is 35.7 Å². The third-order valence-corrected chi connectivity index (χ3v) is 3.97. The number of thioether (sulfide) groups is 1. The lowest BCUT2D eigenvalue weighted by Gasteiger charge is -2.34. The second kappa shape index (κ2) is 12.3. The minimum absolute atomic E-state index is 0. The third kappa shape index (κ3) is 8.72. The van der Waals surface area contributed by atoms with Gasteiger partial charge < -0.3 is 15.5 Å². The Morgan fingerprint density at radius 1 is 1.19 bits per heavy atom. The van der Waals surface area contributed by atoms with Gasteiger partial charge in [0, 0.05) is 65.5 Å². The number of carbonyl (C=O) groups is 1. The molecule has 6 nitrogen and oxygen atoms in total. The molecule has 8 heteroatoms. The van der Waals surface area contributed by atoms with Crippen LogP contribution in [0.25, 0.3) is 0 Å². The van der Waals surface area contributed by atoms with E-state index < -0.39 is 0 Å². The van der Waals surface area contributed by atoms with E-state index in [0.717, 1.165) is 57.5 Å². The summed E-state index contributed by atoms with van der Waals surface area (Å²) < 4.78 is 0.